The topological polar surface area (TPSA) is 136 Å². The Morgan fingerprint density at radius 1 is 1.02 bits per heavy atom. The molecule has 2 aromatic carbocycles. The van der Waals surface area contributed by atoms with Crippen LogP contribution in [0.15, 0.2) is 48.5 Å². The molecular weight excluding hydrogens is 657 g/mol. The molecular formula is C30H32IN3O8. The number of rotatable bonds is 8. The van der Waals surface area contributed by atoms with Crippen LogP contribution >= 0.6 is 22.6 Å². The first-order valence-corrected chi connectivity index (χ1v) is 15.4. The Hall–Kier alpha value is -2.62. The highest BCUT2D eigenvalue weighted by Gasteiger charge is 2.76. The van der Waals surface area contributed by atoms with Gasteiger partial charge in [-0.25, -0.2) is 0 Å². The smallest absolute Gasteiger partial charge is 0.327 e. The van der Waals surface area contributed by atoms with Gasteiger partial charge < -0.3 is 30.0 Å². The first kappa shape index (κ1) is 28.2. The molecule has 7 rings (SSSR count). The highest BCUT2D eigenvalue weighted by molar-refractivity contribution is 14.1. The van der Waals surface area contributed by atoms with Gasteiger partial charge in [0.25, 0.3) is 0 Å². The van der Waals surface area contributed by atoms with E-state index in [1.165, 1.54) is 0 Å². The van der Waals surface area contributed by atoms with E-state index < -0.39 is 47.6 Å². The minimum absolute atomic E-state index is 0.0328. The predicted octanol–water partition coefficient (Wildman–Crippen LogP) is 0.985. The molecule has 3 saturated heterocycles. The first-order valence-electron chi connectivity index (χ1n) is 14.3. The molecule has 1 saturated carbocycles. The molecule has 5 aliphatic rings. The lowest BCUT2D eigenvalue weighted by atomic mass is 9.62. The molecule has 0 radical (unpaired) electrons. The number of hydroxylamine groups is 2. The van der Waals surface area contributed by atoms with Gasteiger partial charge in [0, 0.05) is 42.3 Å². The Kier molecular flexibility index (Phi) is 7.26. The molecule has 0 aromatic heterocycles. The number of esters is 1. The Balaban J connectivity index is 1.20. The number of ether oxygens (including phenoxy) is 3. The molecule has 4 fully saturated rings. The maximum absolute atomic E-state index is 14.2. The van der Waals surface area contributed by atoms with Gasteiger partial charge in [0.05, 0.1) is 13.2 Å². The highest BCUT2D eigenvalue weighted by atomic mass is 127. The van der Waals surface area contributed by atoms with Crippen molar-refractivity contribution in [1.29, 1.82) is 0 Å². The van der Waals surface area contributed by atoms with Crippen LogP contribution in [0.4, 0.5) is 0 Å². The van der Waals surface area contributed by atoms with Gasteiger partial charge in [-0.05, 0) is 51.4 Å². The maximum Gasteiger partial charge on any atom is 0.327 e. The van der Waals surface area contributed by atoms with Crippen molar-refractivity contribution in [1.82, 2.24) is 15.7 Å². The number of aliphatic hydroxyl groups excluding tert-OH is 1. The number of aliphatic hydroxyl groups is 1. The molecule has 2 aromatic rings. The number of nitrogens with zero attached hydrogens (tertiary/aromatic N) is 1. The van der Waals surface area contributed by atoms with Crippen LogP contribution in [0.2, 0.25) is 0 Å². The molecule has 3 aliphatic heterocycles. The molecule has 222 valence electrons. The van der Waals surface area contributed by atoms with Crippen LogP contribution in [0.25, 0.3) is 0 Å². The second-order valence-electron chi connectivity index (χ2n) is 11.6. The second kappa shape index (κ2) is 10.8. The normalized spacial score (nSPS) is 31.9. The molecule has 12 heteroatoms. The van der Waals surface area contributed by atoms with E-state index in [-0.39, 0.29) is 50.9 Å². The Bertz CT molecular complexity index is 1400. The lowest BCUT2D eigenvalue weighted by Crippen LogP contribution is -2.69. The number of amides is 2. The van der Waals surface area contributed by atoms with E-state index in [1.54, 1.807) is 5.06 Å². The Morgan fingerprint density at radius 3 is 2.52 bits per heavy atom. The monoisotopic (exact) mass is 689 g/mol. The lowest BCUT2D eigenvalue weighted by molar-refractivity contribution is -0.217. The third-order valence-electron chi connectivity index (χ3n) is 9.01. The van der Waals surface area contributed by atoms with Crippen molar-refractivity contribution in [3.63, 3.8) is 0 Å². The SMILES string of the molecule is O=C(CCNC(=O)[C@@]12C[C@H]3OC(=O)[C@@H]1N(Cc1cccc(I)c1)O[C@@H]2[C@H]1OC2(Cc4ccccc4C2)O[C@H]13)NCCO. The number of nitrogens with one attached hydrogen (secondary N) is 2. The van der Waals surface area contributed by atoms with Crippen LogP contribution in [-0.4, -0.2) is 83.9 Å². The zero-order valence-electron chi connectivity index (χ0n) is 22.8. The zero-order valence-corrected chi connectivity index (χ0v) is 25.0. The van der Waals surface area contributed by atoms with Crippen molar-refractivity contribution in [2.45, 2.75) is 68.5 Å². The van der Waals surface area contributed by atoms with Gasteiger partial charge in [-0.1, -0.05) is 36.4 Å². The molecule has 42 heavy (non-hydrogen) atoms. The van der Waals surface area contributed by atoms with E-state index in [1.807, 2.05) is 36.4 Å². The van der Waals surface area contributed by atoms with Gasteiger partial charge in [-0.3, -0.25) is 19.2 Å². The average molecular weight is 690 g/mol. The molecule has 2 bridgehead atoms. The summed E-state index contributed by atoms with van der Waals surface area (Å²) in [5.74, 6) is -2.13. The summed E-state index contributed by atoms with van der Waals surface area (Å²) in [5.41, 5.74) is 1.92. The van der Waals surface area contributed by atoms with E-state index in [0.717, 1.165) is 20.3 Å². The molecule has 2 aliphatic carbocycles. The third-order valence-corrected chi connectivity index (χ3v) is 9.68. The van der Waals surface area contributed by atoms with Crippen LogP contribution < -0.4 is 10.6 Å². The van der Waals surface area contributed by atoms with Crippen molar-refractivity contribution in [2.75, 3.05) is 19.7 Å². The van der Waals surface area contributed by atoms with Crippen LogP contribution in [0.1, 0.15) is 29.5 Å². The van der Waals surface area contributed by atoms with E-state index in [4.69, 9.17) is 24.2 Å². The van der Waals surface area contributed by atoms with Crippen LogP contribution in [0.3, 0.4) is 0 Å². The largest absolute Gasteiger partial charge is 0.458 e. The van der Waals surface area contributed by atoms with E-state index in [9.17, 15) is 14.4 Å². The molecule has 0 unspecified atom stereocenters. The van der Waals surface area contributed by atoms with Gasteiger partial charge in [-0.15, -0.1) is 0 Å². The lowest BCUT2D eigenvalue weighted by Gasteiger charge is -2.48. The zero-order chi connectivity index (χ0) is 29.1. The molecule has 11 nitrogen and oxygen atoms in total. The number of carbonyl (C=O) groups excluding carboxylic acids is 3. The summed E-state index contributed by atoms with van der Waals surface area (Å²) in [6, 6.07) is 15.0. The number of halogens is 1. The molecule has 3 N–H and O–H groups in total. The van der Waals surface area contributed by atoms with Crippen molar-refractivity contribution < 1.29 is 38.5 Å². The summed E-state index contributed by atoms with van der Waals surface area (Å²) in [5, 5.41) is 16.0. The number of hydrogen-bond donors (Lipinski definition) is 3. The van der Waals surface area contributed by atoms with Gasteiger partial charge in [0.15, 0.2) is 11.8 Å². The highest BCUT2D eigenvalue weighted by Crippen LogP contribution is 2.58. The number of fused-ring (bicyclic) bond motifs is 5. The molecule has 1 spiro atoms. The van der Waals surface area contributed by atoms with E-state index in [2.05, 4.69) is 45.4 Å². The van der Waals surface area contributed by atoms with Crippen LogP contribution in [0, 0.1) is 8.99 Å². The van der Waals surface area contributed by atoms with Crippen LogP contribution in [-0.2, 0) is 52.8 Å². The van der Waals surface area contributed by atoms with Crippen molar-refractivity contribution in [2.24, 2.45) is 5.41 Å². The number of hydrogen-bond acceptors (Lipinski definition) is 9. The summed E-state index contributed by atoms with van der Waals surface area (Å²) in [4.78, 5) is 46.6. The summed E-state index contributed by atoms with van der Waals surface area (Å²) in [6.07, 6.45) is -1.35. The van der Waals surface area contributed by atoms with Crippen molar-refractivity contribution in [3.05, 3.63) is 68.8 Å². The molecule has 6 atom stereocenters. The molecule has 2 amide bonds. The fraction of sp³-hybridized carbons (Fsp3) is 0.500. The molecule has 3 heterocycles. The summed E-state index contributed by atoms with van der Waals surface area (Å²) < 4.78 is 20.4. The average Bonchev–Trinajstić information content (AvgIpc) is 3.63. The third kappa shape index (κ3) is 4.63. The standard InChI is InChI=1S/C30H32IN3O8/c31-20-7-3-4-17(12-20)16-34-25-27(37)39-21-15-30(25,28(38)33-9-8-22(36)32-10-11-35)26(42-34)24-23(21)40-29(41-24)13-18-5-1-2-6-19(18)14-29/h1-7,12,21,23-26,35H,8-11,13-16H2,(H,32,36)(H,33,38)/t21-,23+,24+,25+,26-,30+/m1/s1. The summed E-state index contributed by atoms with van der Waals surface area (Å²) in [7, 11) is 0. The fourth-order valence-electron chi connectivity index (χ4n) is 7.31. The van der Waals surface area contributed by atoms with E-state index in [0.29, 0.717) is 12.8 Å². The number of benzene rings is 2. The maximum atomic E-state index is 14.2. The Morgan fingerprint density at radius 2 is 1.79 bits per heavy atom. The van der Waals surface area contributed by atoms with E-state index >= 15 is 0 Å². The van der Waals surface area contributed by atoms with Crippen LogP contribution in [0.5, 0.6) is 0 Å². The summed E-state index contributed by atoms with van der Waals surface area (Å²) >= 11 is 2.23. The minimum atomic E-state index is -1.30. The minimum Gasteiger partial charge on any atom is -0.458 e. The van der Waals surface area contributed by atoms with Gasteiger partial charge in [-0.2, -0.15) is 5.06 Å². The quantitative estimate of drug-likeness (QED) is 0.274. The number of carbonyl (C=O) groups is 3. The van der Waals surface area contributed by atoms with Gasteiger partial charge in [0.2, 0.25) is 11.8 Å². The van der Waals surface area contributed by atoms with Gasteiger partial charge >= 0.3 is 5.97 Å². The predicted molar refractivity (Wildman–Crippen MR) is 154 cm³/mol. The second-order valence-corrected chi connectivity index (χ2v) is 12.9. The van der Waals surface area contributed by atoms with Crippen molar-refractivity contribution in [3.8, 4) is 0 Å². The Labute approximate surface area is 256 Å². The van der Waals surface area contributed by atoms with Crippen molar-refractivity contribution >= 4 is 40.4 Å². The van der Waals surface area contributed by atoms with Gasteiger partial charge in [0.1, 0.15) is 29.8 Å². The summed E-state index contributed by atoms with van der Waals surface area (Å²) in [6.45, 7) is 0.310. The first-order chi connectivity index (χ1) is 20.3. The fourth-order valence-corrected chi connectivity index (χ4v) is 7.92.